The van der Waals surface area contributed by atoms with Crippen molar-refractivity contribution in [2.24, 2.45) is 5.92 Å². The number of fused-ring (bicyclic) bond motifs is 1. The van der Waals surface area contributed by atoms with Gasteiger partial charge in [-0.05, 0) is 54.2 Å². The Kier molecular flexibility index (Phi) is 5.81. The number of hydrogen-bond donors (Lipinski definition) is 1. The summed E-state index contributed by atoms with van der Waals surface area (Å²) in [5, 5.41) is 3.85. The summed E-state index contributed by atoms with van der Waals surface area (Å²) >= 11 is 12.2. The third-order valence-corrected chi connectivity index (χ3v) is 6.34. The Hall–Kier alpha value is -1.75. The SMILES string of the molecule is CNC(=O)C1CN(Cc2ccc3c(c2)CCCC(c2ccc(Cl)c(Cl)c2)O3)C1. The van der Waals surface area contributed by atoms with E-state index in [1.165, 1.54) is 11.1 Å². The molecule has 0 spiro atoms. The first-order valence-corrected chi connectivity index (χ1v) is 10.5. The fraction of sp³-hybridized carbons (Fsp3) is 0.409. The zero-order chi connectivity index (χ0) is 19.7. The number of halogens is 2. The van der Waals surface area contributed by atoms with Gasteiger partial charge in [-0.3, -0.25) is 9.69 Å². The molecule has 2 aromatic rings. The molecule has 28 heavy (non-hydrogen) atoms. The highest BCUT2D eigenvalue weighted by Crippen LogP contribution is 2.36. The maximum Gasteiger partial charge on any atom is 0.225 e. The summed E-state index contributed by atoms with van der Waals surface area (Å²) in [4.78, 5) is 13.9. The van der Waals surface area contributed by atoms with Gasteiger partial charge >= 0.3 is 0 Å². The molecule has 1 unspecified atom stereocenters. The van der Waals surface area contributed by atoms with Crippen LogP contribution in [0.2, 0.25) is 10.0 Å². The first kappa shape index (κ1) is 19.6. The standard InChI is InChI=1S/C22H24Cl2N2O2/c1-25-22(27)17-12-26(13-17)11-14-5-8-21-15(9-14)3-2-4-20(28-21)16-6-7-18(23)19(24)10-16/h5-10,17,20H,2-4,11-13H2,1H3,(H,25,27). The molecular formula is C22H24Cl2N2O2. The smallest absolute Gasteiger partial charge is 0.225 e. The maximum absolute atomic E-state index is 11.6. The molecule has 1 amide bonds. The van der Waals surface area contributed by atoms with Crippen LogP contribution < -0.4 is 10.1 Å². The fourth-order valence-electron chi connectivity index (χ4n) is 4.01. The van der Waals surface area contributed by atoms with Gasteiger partial charge in [-0.1, -0.05) is 41.4 Å². The maximum atomic E-state index is 11.6. The number of carbonyl (C=O) groups is 1. The number of carbonyl (C=O) groups excluding carboxylic acids is 1. The van der Waals surface area contributed by atoms with Gasteiger partial charge in [0, 0.05) is 26.7 Å². The van der Waals surface area contributed by atoms with Gasteiger partial charge in [0.25, 0.3) is 0 Å². The van der Waals surface area contributed by atoms with Gasteiger partial charge in [-0.25, -0.2) is 0 Å². The van der Waals surface area contributed by atoms with E-state index in [-0.39, 0.29) is 17.9 Å². The monoisotopic (exact) mass is 418 g/mol. The number of likely N-dealkylation sites (tertiary alicyclic amines) is 1. The number of amides is 1. The highest BCUT2D eigenvalue weighted by molar-refractivity contribution is 6.42. The van der Waals surface area contributed by atoms with Crippen molar-refractivity contribution in [3.05, 3.63) is 63.1 Å². The van der Waals surface area contributed by atoms with Crippen LogP contribution in [0.25, 0.3) is 0 Å². The van der Waals surface area contributed by atoms with Crippen molar-refractivity contribution in [1.82, 2.24) is 10.2 Å². The Morgan fingerprint density at radius 2 is 2.00 bits per heavy atom. The molecule has 0 radical (unpaired) electrons. The summed E-state index contributed by atoms with van der Waals surface area (Å²) in [7, 11) is 1.70. The average molecular weight is 419 g/mol. The van der Waals surface area contributed by atoms with Crippen molar-refractivity contribution in [3.63, 3.8) is 0 Å². The quantitative estimate of drug-likeness (QED) is 0.786. The third-order valence-electron chi connectivity index (χ3n) is 5.60. The van der Waals surface area contributed by atoms with Gasteiger partial charge in [-0.15, -0.1) is 0 Å². The van der Waals surface area contributed by atoms with Crippen LogP contribution in [0.1, 0.15) is 35.6 Å². The Balaban J connectivity index is 1.43. The van der Waals surface area contributed by atoms with Crippen molar-refractivity contribution >= 4 is 29.1 Å². The number of nitrogens with zero attached hydrogens (tertiary/aromatic N) is 1. The summed E-state index contributed by atoms with van der Waals surface area (Å²) in [6.07, 6.45) is 3.00. The molecule has 2 aromatic carbocycles. The third kappa shape index (κ3) is 4.14. The molecule has 2 aliphatic heterocycles. The lowest BCUT2D eigenvalue weighted by Gasteiger charge is -2.38. The normalized spacial score (nSPS) is 19.9. The number of benzene rings is 2. The van der Waals surface area contributed by atoms with E-state index >= 15 is 0 Å². The molecule has 2 aliphatic rings. The first-order valence-electron chi connectivity index (χ1n) is 9.71. The second-order valence-electron chi connectivity index (χ2n) is 7.62. The number of ether oxygens (including phenoxy) is 1. The van der Waals surface area contributed by atoms with Crippen LogP contribution in [0.4, 0.5) is 0 Å². The second-order valence-corrected chi connectivity index (χ2v) is 8.43. The number of aryl methyl sites for hydroxylation is 1. The predicted octanol–water partition coefficient (Wildman–Crippen LogP) is 4.63. The van der Waals surface area contributed by atoms with E-state index in [1.807, 2.05) is 18.2 Å². The van der Waals surface area contributed by atoms with E-state index in [4.69, 9.17) is 27.9 Å². The number of hydrogen-bond acceptors (Lipinski definition) is 3. The molecule has 0 saturated carbocycles. The van der Waals surface area contributed by atoms with Crippen molar-refractivity contribution in [2.75, 3.05) is 20.1 Å². The van der Waals surface area contributed by atoms with Crippen LogP contribution in [-0.2, 0) is 17.8 Å². The first-order chi connectivity index (χ1) is 13.5. The van der Waals surface area contributed by atoms with Crippen molar-refractivity contribution in [1.29, 1.82) is 0 Å². The van der Waals surface area contributed by atoms with Crippen molar-refractivity contribution in [2.45, 2.75) is 31.9 Å². The molecule has 1 saturated heterocycles. The van der Waals surface area contributed by atoms with Gasteiger partial charge < -0.3 is 10.1 Å². The topological polar surface area (TPSA) is 41.6 Å². The molecule has 0 bridgehead atoms. The summed E-state index contributed by atoms with van der Waals surface area (Å²) in [5.74, 6) is 1.21. The van der Waals surface area contributed by atoms with E-state index in [1.54, 1.807) is 7.05 Å². The van der Waals surface area contributed by atoms with Gasteiger partial charge in [-0.2, -0.15) is 0 Å². The van der Waals surface area contributed by atoms with E-state index in [0.717, 1.165) is 50.2 Å². The number of nitrogens with one attached hydrogen (secondary N) is 1. The van der Waals surface area contributed by atoms with Gasteiger partial charge in [0.05, 0.1) is 16.0 Å². The minimum Gasteiger partial charge on any atom is -0.485 e. The van der Waals surface area contributed by atoms with Crippen molar-refractivity contribution < 1.29 is 9.53 Å². The van der Waals surface area contributed by atoms with Crippen molar-refractivity contribution in [3.8, 4) is 5.75 Å². The van der Waals surface area contributed by atoms with E-state index < -0.39 is 0 Å². The minimum atomic E-state index is -0.00874. The molecule has 6 heteroatoms. The summed E-state index contributed by atoms with van der Waals surface area (Å²) in [6, 6.07) is 12.2. The van der Waals surface area contributed by atoms with Gasteiger partial charge in [0.1, 0.15) is 11.9 Å². The molecular weight excluding hydrogens is 395 g/mol. The zero-order valence-electron chi connectivity index (χ0n) is 15.9. The Labute approximate surface area is 175 Å². The highest BCUT2D eigenvalue weighted by atomic mass is 35.5. The lowest BCUT2D eigenvalue weighted by molar-refractivity contribution is -0.129. The van der Waals surface area contributed by atoms with E-state index in [2.05, 4.69) is 28.4 Å². The number of rotatable bonds is 4. The molecule has 148 valence electrons. The van der Waals surface area contributed by atoms with Crippen LogP contribution in [0.5, 0.6) is 5.75 Å². The van der Waals surface area contributed by atoms with E-state index in [9.17, 15) is 4.79 Å². The summed E-state index contributed by atoms with van der Waals surface area (Å²) in [5.41, 5.74) is 3.58. The molecule has 0 aromatic heterocycles. The van der Waals surface area contributed by atoms with Gasteiger partial charge in [0.15, 0.2) is 0 Å². The van der Waals surface area contributed by atoms with E-state index in [0.29, 0.717) is 10.0 Å². The van der Waals surface area contributed by atoms with Crippen LogP contribution in [0, 0.1) is 5.92 Å². The molecule has 0 aliphatic carbocycles. The Morgan fingerprint density at radius 3 is 2.75 bits per heavy atom. The summed E-state index contributed by atoms with van der Waals surface area (Å²) in [6.45, 7) is 2.52. The lowest BCUT2D eigenvalue weighted by atomic mass is 9.97. The van der Waals surface area contributed by atoms with Crippen LogP contribution in [0.3, 0.4) is 0 Å². The molecule has 1 fully saturated rings. The molecule has 2 heterocycles. The summed E-state index contributed by atoms with van der Waals surface area (Å²) < 4.78 is 6.33. The highest BCUT2D eigenvalue weighted by Gasteiger charge is 2.31. The molecule has 4 nitrogen and oxygen atoms in total. The molecule has 1 atom stereocenters. The van der Waals surface area contributed by atoms with Crippen LogP contribution in [0.15, 0.2) is 36.4 Å². The van der Waals surface area contributed by atoms with Gasteiger partial charge in [0.2, 0.25) is 5.91 Å². The molecule has 1 N–H and O–H groups in total. The fourth-order valence-corrected chi connectivity index (χ4v) is 4.31. The second kappa shape index (κ2) is 8.32. The predicted molar refractivity (Wildman–Crippen MR) is 112 cm³/mol. The zero-order valence-corrected chi connectivity index (χ0v) is 17.4. The average Bonchev–Trinajstić information content (AvgIpc) is 2.88. The Morgan fingerprint density at radius 1 is 1.18 bits per heavy atom. The Bertz CT molecular complexity index is 881. The van der Waals surface area contributed by atoms with Crippen LogP contribution in [-0.4, -0.2) is 30.9 Å². The largest absolute Gasteiger partial charge is 0.485 e. The van der Waals surface area contributed by atoms with Crippen LogP contribution >= 0.6 is 23.2 Å². The lowest BCUT2D eigenvalue weighted by Crippen LogP contribution is -2.52. The molecule has 4 rings (SSSR count). The minimum absolute atomic E-state index is 0.00874.